The summed E-state index contributed by atoms with van der Waals surface area (Å²) in [6, 6.07) is 5.66. The Kier molecular flexibility index (Phi) is 8.44. The summed E-state index contributed by atoms with van der Waals surface area (Å²) in [6.07, 6.45) is 0.406. The second kappa shape index (κ2) is 9.54. The predicted molar refractivity (Wildman–Crippen MR) is 91.0 cm³/mol. The molecule has 1 aliphatic rings. The zero-order valence-electron chi connectivity index (χ0n) is 11.9. The van der Waals surface area contributed by atoms with Gasteiger partial charge in [-0.05, 0) is 24.0 Å². The number of hydrogen-bond donors (Lipinski definition) is 2. The first-order chi connectivity index (χ1) is 9.69. The number of morpholine rings is 1. The van der Waals surface area contributed by atoms with Crippen molar-refractivity contribution in [3.05, 3.63) is 23.2 Å². The Balaban J connectivity index is 0.00000220. The molecule has 1 aromatic rings. The number of halogens is 2. The summed E-state index contributed by atoms with van der Waals surface area (Å²) in [7, 11) is 0. The molecule has 1 aliphatic heterocycles. The van der Waals surface area contributed by atoms with Gasteiger partial charge in [0.05, 0.1) is 18.9 Å². The lowest BCUT2D eigenvalue weighted by molar-refractivity contribution is -0.117. The number of hydrogen-bond acceptors (Lipinski definition) is 4. The summed E-state index contributed by atoms with van der Waals surface area (Å²) in [5.41, 5.74) is 0.783. The Hall–Kier alpha value is -0.460. The first-order valence-corrected chi connectivity index (χ1v) is 8.08. The van der Waals surface area contributed by atoms with Crippen LogP contribution in [0, 0.1) is 0 Å². The van der Waals surface area contributed by atoms with Crippen LogP contribution in [0.4, 0.5) is 5.69 Å². The van der Waals surface area contributed by atoms with Crippen molar-refractivity contribution in [1.29, 1.82) is 0 Å². The molecule has 1 unspecified atom stereocenters. The SMILES string of the molecule is CCSc1ccc(Cl)cc1NC(=O)CC1COCCN1.Cl. The lowest BCUT2D eigenvalue weighted by atomic mass is 10.2. The maximum atomic E-state index is 12.1. The van der Waals surface area contributed by atoms with Gasteiger partial charge in [0.25, 0.3) is 0 Å². The first kappa shape index (κ1) is 18.6. The number of amides is 1. The highest BCUT2D eigenvalue weighted by atomic mass is 35.5. The van der Waals surface area contributed by atoms with Crippen molar-refractivity contribution < 1.29 is 9.53 Å². The third-order valence-corrected chi connectivity index (χ3v) is 4.14. The Morgan fingerprint density at radius 2 is 2.38 bits per heavy atom. The van der Waals surface area contributed by atoms with Crippen molar-refractivity contribution in [3.8, 4) is 0 Å². The summed E-state index contributed by atoms with van der Waals surface area (Å²) < 4.78 is 5.35. The van der Waals surface area contributed by atoms with Crippen molar-refractivity contribution in [2.75, 3.05) is 30.8 Å². The number of carbonyl (C=O) groups is 1. The van der Waals surface area contributed by atoms with Crippen LogP contribution in [0.1, 0.15) is 13.3 Å². The second-order valence-electron chi connectivity index (χ2n) is 4.55. The molecule has 1 saturated heterocycles. The van der Waals surface area contributed by atoms with Crippen LogP contribution >= 0.6 is 35.8 Å². The van der Waals surface area contributed by atoms with Gasteiger partial charge in [0.15, 0.2) is 0 Å². The van der Waals surface area contributed by atoms with E-state index in [1.807, 2.05) is 12.1 Å². The topological polar surface area (TPSA) is 50.4 Å². The molecule has 4 nitrogen and oxygen atoms in total. The minimum Gasteiger partial charge on any atom is -0.378 e. The van der Waals surface area contributed by atoms with Crippen LogP contribution < -0.4 is 10.6 Å². The monoisotopic (exact) mass is 350 g/mol. The number of carbonyl (C=O) groups excluding carboxylic acids is 1. The zero-order chi connectivity index (χ0) is 14.4. The molecular formula is C14H20Cl2N2O2S. The van der Waals surface area contributed by atoms with Crippen LogP contribution in [0.5, 0.6) is 0 Å². The highest BCUT2D eigenvalue weighted by Gasteiger charge is 2.17. The maximum Gasteiger partial charge on any atom is 0.226 e. The molecule has 2 N–H and O–H groups in total. The van der Waals surface area contributed by atoms with E-state index in [0.29, 0.717) is 24.7 Å². The lowest BCUT2D eigenvalue weighted by Gasteiger charge is -2.23. The number of anilines is 1. The standard InChI is InChI=1S/C14H19ClN2O2S.ClH/c1-2-20-13-4-3-10(15)7-12(13)17-14(18)8-11-9-19-6-5-16-11;/h3-4,7,11,16H,2,5-6,8-9H2,1H3,(H,17,18);1H. The summed E-state index contributed by atoms with van der Waals surface area (Å²) in [5.74, 6) is 0.927. The van der Waals surface area contributed by atoms with Crippen LogP contribution in [0.25, 0.3) is 0 Å². The lowest BCUT2D eigenvalue weighted by Crippen LogP contribution is -2.43. The Morgan fingerprint density at radius 1 is 1.57 bits per heavy atom. The molecule has 118 valence electrons. The Morgan fingerprint density at radius 3 is 3.05 bits per heavy atom. The quantitative estimate of drug-likeness (QED) is 0.800. The fraction of sp³-hybridized carbons (Fsp3) is 0.500. The van der Waals surface area contributed by atoms with E-state index >= 15 is 0 Å². The number of thioether (sulfide) groups is 1. The van der Waals surface area contributed by atoms with Crippen LogP contribution in [0.3, 0.4) is 0 Å². The fourth-order valence-corrected chi connectivity index (χ4v) is 2.97. The molecule has 21 heavy (non-hydrogen) atoms. The molecule has 1 fully saturated rings. The molecule has 0 spiro atoms. The van der Waals surface area contributed by atoms with Gasteiger partial charge in [-0.1, -0.05) is 18.5 Å². The van der Waals surface area contributed by atoms with Gasteiger partial charge in [0.2, 0.25) is 5.91 Å². The van der Waals surface area contributed by atoms with Crippen LogP contribution in [-0.2, 0) is 9.53 Å². The van der Waals surface area contributed by atoms with E-state index in [2.05, 4.69) is 17.6 Å². The van der Waals surface area contributed by atoms with Gasteiger partial charge >= 0.3 is 0 Å². The first-order valence-electron chi connectivity index (χ1n) is 6.72. The molecule has 0 aromatic heterocycles. The molecule has 0 aliphatic carbocycles. The molecule has 0 saturated carbocycles. The largest absolute Gasteiger partial charge is 0.378 e. The summed E-state index contributed by atoms with van der Waals surface area (Å²) in [6.45, 7) is 4.17. The van der Waals surface area contributed by atoms with Gasteiger partial charge in [-0.25, -0.2) is 0 Å². The minimum absolute atomic E-state index is 0. The van der Waals surface area contributed by atoms with E-state index in [1.165, 1.54) is 0 Å². The van der Waals surface area contributed by atoms with Crippen molar-refractivity contribution in [2.24, 2.45) is 0 Å². The summed E-state index contributed by atoms with van der Waals surface area (Å²) >= 11 is 7.68. The minimum atomic E-state index is -0.0202. The molecule has 1 heterocycles. The Labute approximate surface area is 140 Å². The third-order valence-electron chi connectivity index (χ3n) is 2.95. The molecular weight excluding hydrogens is 331 g/mol. The maximum absolute atomic E-state index is 12.1. The summed E-state index contributed by atoms with van der Waals surface area (Å²) in [5, 5.41) is 6.84. The van der Waals surface area contributed by atoms with Gasteiger partial charge in [0, 0.05) is 28.9 Å². The van der Waals surface area contributed by atoms with E-state index in [1.54, 1.807) is 17.8 Å². The predicted octanol–water partition coefficient (Wildman–Crippen LogP) is 3.19. The van der Waals surface area contributed by atoms with Gasteiger partial charge < -0.3 is 15.4 Å². The highest BCUT2D eigenvalue weighted by molar-refractivity contribution is 7.99. The van der Waals surface area contributed by atoms with Gasteiger partial charge in [-0.2, -0.15) is 0 Å². The van der Waals surface area contributed by atoms with Crippen LogP contribution in [0.2, 0.25) is 5.02 Å². The van der Waals surface area contributed by atoms with Crippen molar-refractivity contribution in [3.63, 3.8) is 0 Å². The van der Waals surface area contributed by atoms with Gasteiger partial charge in [-0.3, -0.25) is 4.79 Å². The average molecular weight is 351 g/mol. The van der Waals surface area contributed by atoms with Crippen LogP contribution in [-0.4, -0.2) is 37.5 Å². The second-order valence-corrected chi connectivity index (χ2v) is 6.29. The van der Waals surface area contributed by atoms with E-state index < -0.39 is 0 Å². The molecule has 7 heteroatoms. The van der Waals surface area contributed by atoms with E-state index in [4.69, 9.17) is 16.3 Å². The van der Waals surface area contributed by atoms with Crippen molar-refractivity contribution >= 4 is 47.4 Å². The molecule has 1 amide bonds. The molecule has 0 bridgehead atoms. The Bertz CT molecular complexity index is 468. The molecule has 0 radical (unpaired) electrons. The van der Waals surface area contributed by atoms with E-state index in [-0.39, 0.29) is 24.4 Å². The smallest absolute Gasteiger partial charge is 0.226 e. The van der Waals surface area contributed by atoms with Crippen LogP contribution in [0.15, 0.2) is 23.1 Å². The fourth-order valence-electron chi connectivity index (χ4n) is 2.06. The highest BCUT2D eigenvalue weighted by Crippen LogP contribution is 2.30. The van der Waals surface area contributed by atoms with Crippen molar-refractivity contribution in [2.45, 2.75) is 24.3 Å². The van der Waals surface area contributed by atoms with E-state index in [9.17, 15) is 4.79 Å². The van der Waals surface area contributed by atoms with Gasteiger partial charge in [0.1, 0.15) is 0 Å². The molecule has 1 aromatic carbocycles. The average Bonchev–Trinajstić information content (AvgIpc) is 2.43. The number of nitrogens with one attached hydrogen (secondary N) is 2. The number of rotatable bonds is 5. The number of ether oxygens (including phenoxy) is 1. The van der Waals surface area contributed by atoms with Gasteiger partial charge in [-0.15, -0.1) is 24.2 Å². The van der Waals surface area contributed by atoms with Crippen molar-refractivity contribution in [1.82, 2.24) is 5.32 Å². The normalized spacial score (nSPS) is 17.9. The van der Waals surface area contributed by atoms with E-state index in [0.717, 1.165) is 22.9 Å². The molecule has 1 atom stereocenters. The summed E-state index contributed by atoms with van der Waals surface area (Å²) in [4.78, 5) is 13.1. The molecule has 2 rings (SSSR count). The number of benzene rings is 1. The zero-order valence-corrected chi connectivity index (χ0v) is 14.2. The third kappa shape index (κ3) is 6.04.